The molecule has 1 unspecified atom stereocenters. The van der Waals surface area contributed by atoms with Crippen LogP contribution in [0.4, 0.5) is 10.1 Å². The lowest BCUT2D eigenvalue weighted by Crippen LogP contribution is -2.23. The fourth-order valence-electron chi connectivity index (χ4n) is 2.13. The van der Waals surface area contributed by atoms with Gasteiger partial charge in [-0.25, -0.2) is 4.39 Å². The zero-order chi connectivity index (χ0) is 11.5. The summed E-state index contributed by atoms with van der Waals surface area (Å²) < 4.78 is 13.4. The highest BCUT2D eigenvalue weighted by Crippen LogP contribution is 2.27. The number of benzene rings is 1. The van der Waals surface area contributed by atoms with Crippen LogP contribution < -0.4 is 10.6 Å². The van der Waals surface area contributed by atoms with E-state index in [4.69, 9.17) is 11.0 Å². The minimum Gasteiger partial charge on any atom is -0.370 e. The Bertz CT molecular complexity index is 425. The van der Waals surface area contributed by atoms with Gasteiger partial charge in [-0.05, 0) is 31.0 Å². The van der Waals surface area contributed by atoms with Crippen molar-refractivity contribution in [2.75, 3.05) is 24.5 Å². The van der Waals surface area contributed by atoms with Crippen LogP contribution in [0.15, 0.2) is 18.2 Å². The number of halogens is 1. The normalized spacial score (nSPS) is 19.8. The number of rotatable bonds is 2. The van der Waals surface area contributed by atoms with Gasteiger partial charge in [-0.3, -0.25) is 0 Å². The number of hydrogen-bond donors (Lipinski definition) is 1. The van der Waals surface area contributed by atoms with Crippen molar-refractivity contribution >= 4 is 5.69 Å². The topological polar surface area (TPSA) is 53.0 Å². The third-order valence-corrected chi connectivity index (χ3v) is 3.06. The summed E-state index contributed by atoms with van der Waals surface area (Å²) in [4.78, 5) is 2.04. The van der Waals surface area contributed by atoms with Gasteiger partial charge in [0.2, 0.25) is 0 Å². The molecule has 16 heavy (non-hydrogen) atoms. The molecule has 0 spiro atoms. The van der Waals surface area contributed by atoms with Crippen LogP contribution in [0.25, 0.3) is 0 Å². The zero-order valence-corrected chi connectivity index (χ0v) is 8.99. The maximum Gasteiger partial charge on any atom is 0.143 e. The van der Waals surface area contributed by atoms with Crippen LogP contribution in [0.3, 0.4) is 0 Å². The second kappa shape index (κ2) is 4.50. The van der Waals surface area contributed by atoms with Gasteiger partial charge in [0.25, 0.3) is 0 Å². The minimum absolute atomic E-state index is 0.139. The molecule has 0 bridgehead atoms. The summed E-state index contributed by atoms with van der Waals surface area (Å²) in [6.45, 7) is 2.31. The number of nitriles is 1. The fourth-order valence-corrected chi connectivity index (χ4v) is 2.13. The van der Waals surface area contributed by atoms with Gasteiger partial charge in [0.05, 0.1) is 5.69 Å². The van der Waals surface area contributed by atoms with E-state index in [9.17, 15) is 4.39 Å². The minimum atomic E-state index is -0.448. The number of nitrogens with two attached hydrogens (primary N) is 1. The molecule has 84 valence electrons. The van der Waals surface area contributed by atoms with Gasteiger partial charge in [0, 0.05) is 13.1 Å². The van der Waals surface area contributed by atoms with Gasteiger partial charge in [-0.15, -0.1) is 0 Å². The zero-order valence-electron chi connectivity index (χ0n) is 8.99. The van der Waals surface area contributed by atoms with Crippen molar-refractivity contribution in [1.29, 1.82) is 5.26 Å². The van der Waals surface area contributed by atoms with Gasteiger partial charge in [0.15, 0.2) is 0 Å². The summed E-state index contributed by atoms with van der Waals surface area (Å²) in [5, 5.41) is 8.94. The second-order valence-electron chi connectivity index (χ2n) is 4.08. The van der Waals surface area contributed by atoms with Crippen LogP contribution in [-0.2, 0) is 0 Å². The van der Waals surface area contributed by atoms with E-state index in [2.05, 4.69) is 0 Å². The highest BCUT2D eigenvalue weighted by atomic mass is 19.1. The van der Waals surface area contributed by atoms with Crippen LogP contribution in [0.2, 0.25) is 0 Å². The van der Waals surface area contributed by atoms with Gasteiger partial charge >= 0.3 is 0 Å². The molecule has 0 amide bonds. The van der Waals surface area contributed by atoms with Gasteiger partial charge in [0.1, 0.15) is 17.4 Å². The molecule has 0 radical (unpaired) electrons. The van der Waals surface area contributed by atoms with E-state index in [-0.39, 0.29) is 5.56 Å². The maximum absolute atomic E-state index is 13.4. The van der Waals surface area contributed by atoms with Crippen LogP contribution in [0.1, 0.15) is 12.0 Å². The summed E-state index contributed by atoms with van der Waals surface area (Å²) in [6.07, 6.45) is 1.01. The molecule has 1 aliphatic rings. The quantitative estimate of drug-likeness (QED) is 0.819. The Morgan fingerprint density at radius 1 is 1.56 bits per heavy atom. The third-order valence-electron chi connectivity index (χ3n) is 3.06. The van der Waals surface area contributed by atoms with E-state index in [0.29, 0.717) is 18.2 Å². The van der Waals surface area contributed by atoms with Crippen LogP contribution in [0.5, 0.6) is 0 Å². The van der Waals surface area contributed by atoms with Crippen molar-refractivity contribution in [3.63, 3.8) is 0 Å². The molecule has 1 aliphatic heterocycles. The van der Waals surface area contributed by atoms with Crippen LogP contribution in [-0.4, -0.2) is 19.6 Å². The van der Waals surface area contributed by atoms with Crippen LogP contribution >= 0.6 is 0 Å². The van der Waals surface area contributed by atoms with E-state index in [1.165, 1.54) is 6.07 Å². The smallest absolute Gasteiger partial charge is 0.143 e. The van der Waals surface area contributed by atoms with Crippen molar-refractivity contribution in [3.8, 4) is 6.07 Å². The number of hydrogen-bond acceptors (Lipinski definition) is 3. The van der Waals surface area contributed by atoms with E-state index in [1.54, 1.807) is 12.1 Å². The van der Waals surface area contributed by atoms with E-state index in [1.807, 2.05) is 11.0 Å². The lowest BCUT2D eigenvalue weighted by Gasteiger charge is -2.19. The molecule has 0 saturated carbocycles. The van der Waals surface area contributed by atoms with Crippen molar-refractivity contribution in [2.45, 2.75) is 6.42 Å². The molecule has 1 fully saturated rings. The summed E-state index contributed by atoms with van der Waals surface area (Å²) in [6, 6.07) is 6.68. The first-order valence-corrected chi connectivity index (χ1v) is 5.40. The Morgan fingerprint density at radius 2 is 2.38 bits per heavy atom. The highest BCUT2D eigenvalue weighted by Gasteiger charge is 2.24. The van der Waals surface area contributed by atoms with Crippen molar-refractivity contribution in [1.82, 2.24) is 0 Å². The lowest BCUT2D eigenvalue weighted by atomic mass is 10.1. The van der Waals surface area contributed by atoms with E-state index >= 15 is 0 Å². The van der Waals surface area contributed by atoms with Crippen molar-refractivity contribution < 1.29 is 4.39 Å². The summed E-state index contributed by atoms with van der Waals surface area (Å²) in [5.74, 6) is 0.00556. The maximum atomic E-state index is 13.4. The Morgan fingerprint density at radius 3 is 3.00 bits per heavy atom. The third kappa shape index (κ3) is 1.86. The molecule has 1 aromatic carbocycles. The van der Waals surface area contributed by atoms with E-state index < -0.39 is 5.82 Å². The summed E-state index contributed by atoms with van der Waals surface area (Å²) in [7, 11) is 0. The number of nitrogens with zero attached hydrogens (tertiary/aromatic N) is 2. The van der Waals surface area contributed by atoms with Crippen molar-refractivity contribution in [2.24, 2.45) is 11.7 Å². The Hall–Kier alpha value is -1.60. The molecule has 4 heteroatoms. The first kappa shape index (κ1) is 10.9. The molecule has 2 N–H and O–H groups in total. The van der Waals surface area contributed by atoms with Gasteiger partial charge in [-0.1, -0.05) is 6.07 Å². The fraction of sp³-hybridized carbons (Fsp3) is 0.417. The Kier molecular flexibility index (Phi) is 3.07. The van der Waals surface area contributed by atoms with Gasteiger partial charge in [-0.2, -0.15) is 5.26 Å². The molecule has 1 atom stereocenters. The lowest BCUT2D eigenvalue weighted by molar-refractivity contribution is 0.601. The molecule has 3 nitrogen and oxygen atoms in total. The SMILES string of the molecule is N#Cc1c(F)cccc1N1CCC(CN)C1. The molecule has 1 heterocycles. The molecule has 1 aromatic rings. The number of anilines is 1. The standard InChI is InChI=1S/C12H14FN3/c13-11-2-1-3-12(10(11)7-15)16-5-4-9(6-14)8-16/h1-3,9H,4-6,8,14H2. The molecular weight excluding hydrogens is 205 g/mol. The molecule has 2 rings (SSSR count). The van der Waals surface area contributed by atoms with Gasteiger partial charge < -0.3 is 10.6 Å². The Labute approximate surface area is 94.3 Å². The average Bonchev–Trinajstić information content (AvgIpc) is 2.77. The average molecular weight is 219 g/mol. The summed E-state index contributed by atoms with van der Waals surface area (Å²) >= 11 is 0. The van der Waals surface area contributed by atoms with E-state index in [0.717, 1.165) is 19.5 Å². The second-order valence-corrected chi connectivity index (χ2v) is 4.08. The molecular formula is C12H14FN3. The molecule has 1 saturated heterocycles. The Balaban J connectivity index is 2.28. The highest BCUT2D eigenvalue weighted by molar-refractivity contribution is 5.60. The van der Waals surface area contributed by atoms with Crippen molar-refractivity contribution in [3.05, 3.63) is 29.6 Å². The summed E-state index contributed by atoms with van der Waals surface area (Å²) in [5.41, 5.74) is 6.44. The molecule has 0 aromatic heterocycles. The monoisotopic (exact) mass is 219 g/mol. The largest absolute Gasteiger partial charge is 0.370 e. The first-order chi connectivity index (χ1) is 7.76. The first-order valence-electron chi connectivity index (χ1n) is 5.40. The molecule has 0 aliphatic carbocycles. The predicted octanol–water partition coefficient (Wildman–Crippen LogP) is 1.48. The predicted molar refractivity (Wildman–Crippen MR) is 60.5 cm³/mol. The van der Waals surface area contributed by atoms with Crippen LogP contribution in [0, 0.1) is 23.1 Å².